The Hall–Kier alpha value is -1.62. The molecule has 2 aromatic rings. The number of nitrogen functional groups attached to an aromatic ring is 1. The Morgan fingerprint density at radius 3 is 2.76 bits per heavy atom. The van der Waals surface area contributed by atoms with Gasteiger partial charge in [0.25, 0.3) is 5.91 Å². The van der Waals surface area contributed by atoms with E-state index in [1.165, 1.54) is 11.3 Å². The third-order valence-electron chi connectivity index (χ3n) is 3.70. The lowest BCUT2D eigenvalue weighted by Gasteiger charge is -2.15. The van der Waals surface area contributed by atoms with E-state index in [1.807, 2.05) is 19.9 Å². The largest absolute Gasteiger partial charge is 0.397 e. The third kappa shape index (κ3) is 3.18. The number of amides is 1. The lowest BCUT2D eigenvalue weighted by atomic mass is 10.1. The maximum atomic E-state index is 12.5. The maximum Gasteiger partial charge on any atom is 0.263 e. The minimum absolute atomic E-state index is 0.0761. The summed E-state index contributed by atoms with van der Waals surface area (Å²) in [6.07, 6.45) is 2.98. The summed E-state index contributed by atoms with van der Waals surface area (Å²) in [6, 6.07) is 2.21. The van der Waals surface area contributed by atoms with Crippen LogP contribution < -0.4 is 11.1 Å². The standard InChI is InChI=1S/C16H23N3OS/c1-5-7-11(6-2)19-15(20)14-13(17)12-9(3)8-10(4)18-16(12)21-14/h8,11H,5-7,17H2,1-4H3,(H,19,20). The Labute approximate surface area is 129 Å². The van der Waals surface area contributed by atoms with E-state index < -0.39 is 0 Å². The first kappa shape index (κ1) is 15.8. The summed E-state index contributed by atoms with van der Waals surface area (Å²) in [7, 11) is 0. The van der Waals surface area contributed by atoms with Gasteiger partial charge >= 0.3 is 0 Å². The minimum Gasteiger partial charge on any atom is -0.397 e. The number of hydrogen-bond acceptors (Lipinski definition) is 4. The van der Waals surface area contributed by atoms with Gasteiger partial charge < -0.3 is 11.1 Å². The molecule has 0 radical (unpaired) electrons. The highest BCUT2D eigenvalue weighted by Crippen LogP contribution is 2.35. The number of carbonyl (C=O) groups is 1. The lowest BCUT2D eigenvalue weighted by Crippen LogP contribution is -2.34. The van der Waals surface area contributed by atoms with Gasteiger partial charge in [-0.25, -0.2) is 4.98 Å². The topological polar surface area (TPSA) is 68.0 Å². The van der Waals surface area contributed by atoms with Crippen molar-refractivity contribution < 1.29 is 4.79 Å². The predicted molar refractivity (Wildman–Crippen MR) is 90.0 cm³/mol. The van der Waals surface area contributed by atoms with Crippen molar-refractivity contribution in [1.29, 1.82) is 0 Å². The van der Waals surface area contributed by atoms with E-state index in [0.717, 1.165) is 40.7 Å². The molecule has 5 heteroatoms. The van der Waals surface area contributed by atoms with Crippen molar-refractivity contribution in [3.05, 3.63) is 22.2 Å². The molecule has 0 aromatic carbocycles. The predicted octanol–water partition coefficient (Wildman–Crippen LogP) is 3.80. The molecule has 0 fully saturated rings. The van der Waals surface area contributed by atoms with E-state index >= 15 is 0 Å². The molecule has 0 spiro atoms. The van der Waals surface area contributed by atoms with E-state index in [9.17, 15) is 4.79 Å². The van der Waals surface area contributed by atoms with Crippen molar-refractivity contribution in [2.75, 3.05) is 5.73 Å². The van der Waals surface area contributed by atoms with Crippen molar-refractivity contribution in [2.45, 2.75) is 53.0 Å². The van der Waals surface area contributed by atoms with E-state index in [0.29, 0.717) is 10.6 Å². The average molecular weight is 305 g/mol. The summed E-state index contributed by atoms with van der Waals surface area (Å²) in [5.41, 5.74) is 8.78. The lowest BCUT2D eigenvalue weighted by molar-refractivity contribution is 0.0938. The first-order valence-corrected chi connectivity index (χ1v) is 8.26. The number of aromatic nitrogens is 1. The third-order valence-corrected chi connectivity index (χ3v) is 4.79. The first-order valence-electron chi connectivity index (χ1n) is 7.44. The van der Waals surface area contributed by atoms with Gasteiger partial charge in [-0.05, 0) is 38.3 Å². The Morgan fingerprint density at radius 2 is 2.14 bits per heavy atom. The first-order chi connectivity index (χ1) is 9.97. The van der Waals surface area contributed by atoms with Gasteiger partial charge in [0, 0.05) is 17.1 Å². The summed E-state index contributed by atoms with van der Waals surface area (Å²) < 4.78 is 0. The van der Waals surface area contributed by atoms with Gasteiger partial charge in [0.2, 0.25) is 0 Å². The molecular formula is C16H23N3OS. The van der Waals surface area contributed by atoms with E-state index in [2.05, 4.69) is 24.1 Å². The van der Waals surface area contributed by atoms with Crippen LogP contribution in [-0.4, -0.2) is 16.9 Å². The summed E-state index contributed by atoms with van der Waals surface area (Å²) in [5.74, 6) is -0.0761. The highest BCUT2D eigenvalue weighted by atomic mass is 32.1. The van der Waals surface area contributed by atoms with Crippen LogP contribution in [0.3, 0.4) is 0 Å². The molecule has 0 bridgehead atoms. The van der Waals surface area contributed by atoms with Gasteiger partial charge in [0.05, 0.1) is 5.69 Å². The molecule has 2 rings (SSSR count). The van der Waals surface area contributed by atoms with E-state index in [1.54, 1.807) is 0 Å². The van der Waals surface area contributed by atoms with Crippen LogP contribution in [0.5, 0.6) is 0 Å². The molecule has 0 saturated heterocycles. The van der Waals surface area contributed by atoms with Gasteiger partial charge in [-0.3, -0.25) is 4.79 Å². The molecule has 0 aliphatic heterocycles. The molecule has 0 aliphatic carbocycles. The summed E-state index contributed by atoms with van der Waals surface area (Å²) >= 11 is 1.38. The molecule has 1 atom stereocenters. The molecule has 3 N–H and O–H groups in total. The monoisotopic (exact) mass is 305 g/mol. The zero-order chi connectivity index (χ0) is 15.6. The molecule has 21 heavy (non-hydrogen) atoms. The minimum atomic E-state index is -0.0761. The van der Waals surface area contributed by atoms with Gasteiger partial charge in [0.1, 0.15) is 9.71 Å². The maximum absolute atomic E-state index is 12.5. The molecule has 2 aromatic heterocycles. The number of pyridine rings is 1. The molecule has 4 nitrogen and oxygen atoms in total. The SMILES string of the molecule is CCCC(CC)NC(=O)c1sc2nc(C)cc(C)c2c1N. The fraction of sp³-hybridized carbons (Fsp3) is 0.500. The molecule has 0 aliphatic rings. The Kier molecular flexibility index (Phi) is 4.83. The van der Waals surface area contributed by atoms with Crippen molar-refractivity contribution in [3.8, 4) is 0 Å². The molecule has 2 heterocycles. The van der Waals surface area contributed by atoms with E-state index in [-0.39, 0.29) is 11.9 Å². The average Bonchev–Trinajstić information content (AvgIpc) is 2.75. The smallest absolute Gasteiger partial charge is 0.263 e. The van der Waals surface area contributed by atoms with Gasteiger partial charge in [-0.15, -0.1) is 11.3 Å². The number of anilines is 1. The Balaban J connectivity index is 2.36. The van der Waals surface area contributed by atoms with Crippen LogP contribution in [0, 0.1) is 13.8 Å². The molecular weight excluding hydrogens is 282 g/mol. The normalized spacial score (nSPS) is 12.6. The van der Waals surface area contributed by atoms with Crippen LogP contribution in [0.4, 0.5) is 5.69 Å². The number of fused-ring (bicyclic) bond motifs is 1. The number of hydrogen-bond donors (Lipinski definition) is 2. The van der Waals surface area contributed by atoms with Gasteiger partial charge in [-0.1, -0.05) is 20.3 Å². The molecule has 114 valence electrons. The number of rotatable bonds is 5. The van der Waals surface area contributed by atoms with Crippen LogP contribution in [0.1, 0.15) is 54.0 Å². The fourth-order valence-electron chi connectivity index (χ4n) is 2.62. The molecule has 1 unspecified atom stereocenters. The number of carbonyl (C=O) groups excluding carboxylic acids is 1. The second-order valence-corrected chi connectivity index (χ2v) is 6.47. The number of nitrogens with one attached hydrogen (secondary N) is 1. The van der Waals surface area contributed by atoms with Gasteiger partial charge in [-0.2, -0.15) is 0 Å². The van der Waals surface area contributed by atoms with Crippen LogP contribution in [-0.2, 0) is 0 Å². The zero-order valence-corrected chi connectivity index (χ0v) is 13.9. The van der Waals surface area contributed by atoms with Crippen molar-refractivity contribution in [3.63, 3.8) is 0 Å². The van der Waals surface area contributed by atoms with Crippen LogP contribution in [0.2, 0.25) is 0 Å². The second kappa shape index (κ2) is 6.43. The summed E-state index contributed by atoms with van der Waals surface area (Å²) in [5, 5.41) is 4.00. The number of aryl methyl sites for hydroxylation is 2. The van der Waals surface area contributed by atoms with Gasteiger partial charge in [0.15, 0.2) is 0 Å². The van der Waals surface area contributed by atoms with Crippen LogP contribution in [0.25, 0.3) is 10.2 Å². The van der Waals surface area contributed by atoms with E-state index in [4.69, 9.17) is 5.73 Å². The molecule has 1 amide bonds. The van der Waals surface area contributed by atoms with Crippen LogP contribution in [0.15, 0.2) is 6.07 Å². The van der Waals surface area contributed by atoms with Crippen molar-refractivity contribution >= 4 is 33.1 Å². The fourth-order valence-corrected chi connectivity index (χ4v) is 3.74. The highest BCUT2D eigenvalue weighted by Gasteiger charge is 2.20. The Bertz CT molecular complexity index is 663. The second-order valence-electron chi connectivity index (χ2n) is 5.47. The number of thiophene rings is 1. The highest BCUT2D eigenvalue weighted by molar-refractivity contribution is 7.21. The quantitative estimate of drug-likeness (QED) is 0.882. The Morgan fingerprint density at radius 1 is 1.43 bits per heavy atom. The number of nitrogens with two attached hydrogens (primary N) is 1. The summed E-state index contributed by atoms with van der Waals surface area (Å²) in [6.45, 7) is 8.17. The zero-order valence-electron chi connectivity index (χ0n) is 13.1. The van der Waals surface area contributed by atoms with Crippen molar-refractivity contribution in [2.24, 2.45) is 0 Å². The van der Waals surface area contributed by atoms with Crippen LogP contribution >= 0.6 is 11.3 Å². The number of nitrogens with zero attached hydrogens (tertiary/aromatic N) is 1. The molecule has 0 saturated carbocycles. The summed E-state index contributed by atoms with van der Waals surface area (Å²) in [4.78, 5) is 18.4. The van der Waals surface area contributed by atoms with Crippen molar-refractivity contribution in [1.82, 2.24) is 10.3 Å².